The van der Waals surface area contributed by atoms with Crippen LogP contribution in [0.15, 0.2) is 72.8 Å². The van der Waals surface area contributed by atoms with E-state index in [0.29, 0.717) is 33.1 Å². The first-order valence-corrected chi connectivity index (χ1v) is 8.92. The first-order valence-electron chi connectivity index (χ1n) is 8.54. The Morgan fingerprint density at radius 1 is 0.750 bits per heavy atom. The third-order valence-electron chi connectivity index (χ3n) is 4.41. The molecule has 2 nitrogen and oxygen atoms in total. The van der Waals surface area contributed by atoms with Gasteiger partial charge in [0, 0.05) is 16.7 Å². The van der Waals surface area contributed by atoms with Gasteiger partial charge in [0.15, 0.2) is 0 Å². The van der Waals surface area contributed by atoms with Crippen LogP contribution in [-0.4, -0.2) is 9.78 Å². The van der Waals surface area contributed by atoms with Crippen molar-refractivity contribution in [2.24, 2.45) is 0 Å². The zero-order chi connectivity index (χ0) is 19.7. The van der Waals surface area contributed by atoms with Gasteiger partial charge in [0.2, 0.25) is 0 Å². The number of hydrogen-bond donors (Lipinski definition) is 0. The standard InChI is InChI=1S/C22H14ClF3N2/c23-20-21(14-5-9-17(24)10-6-14)27-28(13-16-3-1-2-4-19(16)26)22(20)15-7-11-18(25)12-8-15/h1-12H,13H2. The zero-order valence-corrected chi connectivity index (χ0v) is 15.3. The summed E-state index contributed by atoms with van der Waals surface area (Å²) in [4.78, 5) is 0. The Kier molecular flexibility index (Phi) is 4.92. The summed E-state index contributed by atoms with van der Waals surface area (Å²) < 4.78 is 42.4. The minimum atomic E-state index is -0.376. The van der Waals surface area contributed by atoms with Gasteiger partial charge in [-0.1, -0.05) is 29.8 Å². The minimum Gasteiger partial charge on any atom is -0.258 e. The summed E-state index contributed by atoms with van der Waals surface area (Å²) in [7, 11) is 0. The third-order valence-corrected chi connectivity index (χ3v) is 4.77. The topological polar surface area (TPSA) is 17.8 Å². The molecule has 0 aliphatic carbocycles. The number of aromatic nitrogens is 2. The van der Waals surface area contributed by atoms with E-state index in [1.165, 1.54) is 30.3 Å². The van der Waals surface area contributed by atoms with Crippen LogP contribution in [0, 0.1) is 17.5 Å². The lowest BCUT2D eigenvalue weighted by Crippen LogP contribution is -2.05. The van der Waals surface area contributed by atoms with E-state index in [9.17, 15) is 13.2 Å². The van der Waals surface area contributed by atoms with E-state index < -0.39 is 0 Å². The normalized spacial score (nSPS) is 11.0. The predicted molar refractivity (Wildman–Crippen MR) is 104 cm³/mol. The van der Waals surface area contributed by atoms with Crippen molar-refractivity contribution in [3.8, 4) is 22.5 Å². The molecule has 6 heteroatoms. The van der Waals surface area contributed by atoms with Crippen molar-refractivity contribution in [3.63, 3.8) is 0 Å². The molecule has 0 bridgehead atoms. The highest BCUT2D eigenvalue weighted by Crippen LogP contribution is 2.37. The molecule has 140 valence electrons. The Hall–Kier alpha value is -3.05. The van der Waals surface area contributed by atoms with E-state index in [2.05, 4.69) is 5.10 Å². The number of halogens is 4. The molecule has 1 aromatic heterocycles. The van der Waals surface area contributed by atoms with Crippen LogP contribution in [0.3, 0.4) is 0 Å². The summed E-state index contributed by atoms with van der Waals surface area (Å²) in [6, 6.07) is 18.0. The molecule has 0 atom stereocenters. The van der Waals surface area contributed by atoms with Crippen LogP contribution < -0.4 is 0 Å². The van der Waals surface area contributed by atoms with Crippen molar-refractivity contribution in [3.05, 3.63) is 101 Å². The lowest BCUT2D eigenvalue weighted by atomic mass is 10.1. The molecule has 0 aliphatic heterocycles. The maximum atomic E-state index is 14.2. The maximum absolute atomic E-state index is 14.2. The van der Waals surface area contributed by atoms with Gasteiger partial charge in [0.25, 0.3) is 0 Å². The highest BCUT2D eigenvalue weighted by molar-refractivity contribution is 6.35. The highest BCUT2D eigenvalue weighted by atomic mass is 35.5. The lowest BCUT2D eigenvalue weighted by molar-refractivity contribution is 0.587. The fourth-order valence-electron chi connectivity index (χ4n) is 3.02. The molecule has 4 rings (SSSR count). The van der Waals surface area contributed by atoms with E-state index in [0.717, 1.165) is 0 Å². The van der Waals surface area contributed by atoms with E-state index >= 15 is 0 Å². The van der Waals surface area contributed by atoms with E-state index in [4.69, 9.17) is 11.6 Å². The van der Waals surface area contributed by atoms with Crippen LogP contribution >= 0.6 is 11.6 Å². The van der Waals surface area contributed by atoms with Gasteiger partial charge in [-0.3, -0.25) is 4.68 Å². The monoisotopic (exact) mass is 398 g/mol. The molecule has 0 N–H and O–H groups in total. The Morgan fingerprint density at radius 3 is 1.93 bits per heavy atom. The second-order valence-corrected chi connectivity index (χ2v) is 6.65. The Bertz CT molecular complexity index is 1120. The van der Waals surface area contributed by atoms with Gasteiger partial charge in [0.1, 0.15) is 23.1 Å². The maximum Gasteiger partial charge on any atom is 0.128 e. The predicted octanol–water partition coefficient (Wildman–Crippen LogP) is 6.34. The first kappa shape index (κ1) is 18.3. The van der Waals surface area contributed by atoms with Gasteiger partial charge in [-0.25, -0.2) is 13.2 Å². The number of nitrogens with zero attached hydrogens (tertiary/aromatic N) is 2. The molecule has 1 heterocycles. The fraction of sp³-hybridized carbons (Fsp3) is 0.0455. The Balaban J connectivity index is 1.87. The van der Waals surface area contributed by atoms with Crippen molar-refractivity contribution in [2.75, 3.05) is 0 Å². The largest absolute Gasteiger partial charge is 0.258 e. The van der Waals surface area contributed by atoms with Crippen molar-refractivity contribution in [1.29, 1.82) is 0 Å². The van der Waals surface area contributed by atoms with Gasteiger partial charge < -0.3 is 0 Å². The van der Waals surface area contributed by atoms with Crippen LogP contribution in [-0.2, 0) is 6.54 Å². The molecule has 4 aromatic rings. The highest BCUT2D eigenvalue weighted by Gasteiger charge is 2.20. The summed E-state index contributed by atoms with van der Waals surface area (Å²) >= 11 is 6.62. The molecule has 0 spiro atoms. The molecule has 0 amide bonds. The van der Waals surface area contributed by atoms with Gasteiger partial charge in [-0.2, -0.15) is 5.10 Å². The second kappa shape index (κ2) is 7.52. The summed E-state index contributed by atoms with van der Waals surface area (Å²) in [5, 5.41) is 4.88. The molecule has 0 fully saturated rings. The van der Waals surface area contributed by atoms with E-state index in [-0.39, 0.29) is 24.0 Å². The van der Waals surface area contributed by atoms with Crippen LogP contribution in [0.5, 0.6) is 0 Å². The Morgan fingerprint density at radius 2 is 1.32 bits per heavy atom. The summed E-state index contributed by atoms with van der Waals surface area (Å²) in [6.45, 7) is 0.139. The van der Waals surface area contributed by atoms with Gasteiger partial charge in [-0.15, -0.1) is 0 Å². The molecular formula is C22H14ClF3N2. The summed E-state index contributed by atoms with van der Waals surface area (Å²) in [5.74, 6) is -1.11. The Labute approximate surface area is 164 Å². The molecule has 28 heavy (non-hydrogen) atoms. The summed E-state index contributed by atoms with van der Waals surface area (Å²) in [6.07, 6.45) is 0. The fourth-order valence-corrected chi connectivity index (χ4v) is 3.37. The second-order valence-electron chi connectivity index (χ2n) is 6.27. The molecule has 0 aliphatic rings. The van der Waals surface area contributed by atoms with E-state index in [1.54, 1.807) is 47.1 Å². The number of benzene rings is 3. The van der Waals surface area contributed by atoms with Crippen LogP contribution in [0.2, 0.25) is 5.02 Å². The molecule has 3 aromatic carbocycles. The zero-order valence-electron chi connectivity index (χ0n) is 14.5. The lowest BCUT2D eigenvalue weighted by Gasteiger charge is -2.09. The van der Waals surface area contributed by atoms with Crippen LogP contribution in [0.4, 0.5) is 13.2 Å². The van der Waals surface area contributed by atoms with Crippen LogP contribution in [0.25, 0.3) is 22.5 Å². The minimum absolute atomic E-state index is 0.139. The first-order chi connectivity index (χ1) is 13.5. The molecule has 0 saturated heterocycles. The van der Waals surface area contributed by atoms with Crippen LogP contribution in [0.1, 0.15) is 5.56 Å². The quantitative estimate of drug-likeness (QED) is 0.392. The molecule has 0 saturated carbocycles. The SMILES string of the molecule is Fc1ccc(-c2nn(Cc3ccccc3F)c(-c3ccc(F)cc3)c2Cl)cc1. The van der Waals surface area contributed by atoms with Gasteiger partial charge >= 0.3 is 0 Å². The third kappa shape index (κ3) is 3.53. The average molecular weight is 399 g/mol. The number of rotatable bonds is 4. The van der Waals surface area contributed by atoms with Gasteiger partial charge in [0.05, 0.1) is 17.3 Å². The molecule has 0 radical (unpaired) electrons. The summed E-state index contributed by atoms with van der Waals surface area (Å²) in [5.41, 5.74) is 2.68. The van der Waals surface area contributed by atoms with Gasteiger partial charge in [-0.05, 0) is 54.6 Å². The van der Waals surface area contributed by atoms with Crippen molar-refractivity contribution in [2.45, 2.75) is 6.54 Å². The smallest absolute Gasteiger partial charge is 0.128 e. The van der Waals surface area contributed by atoms with Crippen molar-refractivity contribution < 1.29 is 13.2 Å². The molecule has 0 unspecified atom stereocenters. The van der Waals surface area contributed by atoms with Crippen molar-refractivity contribution in [1.82, 2.24) is 9.78 Å². The van der Waals surface area contributed by atoms with E-state index in [1.807, 2.05) is 0 Å². The van der Waals surface area contributed by atoms with Crippen molar-refractivity contribution >= 4 is 11.6 Å². The molecular weight excluding hydrogens is 385 g/mol. The average Bonchev–Trinajstić information content (AvgIpc) is 3.01. The number of hydrogen-bond acceptors (Lipinski definition) is 1.